The molecule has 0 bridgehead atoms. The summed E-state index contributed by atoms with van der Waals surface area (Å²) in [7, 11) is 0. The number of H-pyrrole nitrogens is 1. The van der Waals surface area contributed by atoms with E-state index in [-0.39, 0.29) is 17.7 Å². The van der Waals surface area contributed by atoms with E-state index in [9.17, 15) is 4.79 Å². The Morgan fingerprint density at radius 3 is 2.75 bits per heavy atom. The quantitative estimate of drug-likeness (QED) is 0.911. The lowest BCUT2D eigenvalue weighted by molar-refractivity contribution is -0.122. The Kier molecular flexibility index (Phi) is 3.63. The molecule has 20 heavy (non-hydrogen) atoms. The first-order chi connectivity index (χ1) is 9.63. The summed E-state index contributed by atoms with van der Waals surface area (Å²) < 4.78 is 0. The molecule has 2 aromatic rings. The molecule has 1 aromatic carbocycles. The van der Waals surface area contributed by atoms with E-state index >= 15 is 0 Å². The number of aromatic nitrogens is 3. The molecule has 2 atom stereocenters. The number of hydrogen-bond acceptors (Lipinski definition) is 3. The topological polar surface area (TPSA) is 70.7 Å². The second-order valence-corrected chi connectivity index (χ2v) is 5.67. The van der Waals surface area contributed by atoms with Gasteiger partial charge >= 0.3 is 0 Å². The summed E-state index contributed by atoms with van der Waals surface area (Å²) in [5.41, 5.74) is 1.02. The molecule has 5 nitrogen and oxygen atoms in total. The first kappa shape index (κ1) is 13.4. The van der Waals surface area contributed by atoms with Crippen LogP contribution in [0.25, 0.3) is 0 Å². The van der Waals surface area contributed by atoms with Gasteiger partial charge in [-0.2, -0.15) is 5.10 Å². The second-order valence-electron chi connectivity index (χ2n) is 4.80. The highest BCUT2D eigenvalue weighted by Gasteiger charge is 2.44. The summed E-state index contributed by atoms with van der Waals surface area (Å²) in [6.07, 6.45) is 2.23. The average Bonchev–Trinajstić information content (AvgIpc) is 3.03. The van der Waals surface area contributed by atoms with E-state index in [4.69, 9.17) is 23.2 Å². The van der Waals surface area contributed by atoms with Gasteiger partial charge in [0.15, 0.2) is 0 Å². The van der Waals surface area contributed by atoms with Crippen LogP contribution >= 0.6 is 23.2 Å². The molecule has 1 saturated carbocycles. The molecule has 1 amide bonds. The van der Waals surface area contributed by atoms with Crippen molar-refractivity contribution in [3.8, 4) is 0 Å². The molecule has 2 N–H and O–H groups in total. The lowest BCUT2D eigenvalue weighted by atomic mass is 10.1. The summed E-state index contributed by atoms with van der Waals surface area (Å²) in [5, 5.41) is 10.5. The number of halogens is 2. The van der Waals surface area contributed by atoms with Crippen molar-refractivity contribution in [2.75, 3.05) is 0 Å². The largest absolute Gasteiger partial charge is 0.349 e. The smallest absolute Gasteiger partial charge is 0.224 e. The Morgan fingerprint density at radius 2 is 2.10 bits per heavy atom. The van der Waals surface area contributed by atoms with Gasteiger partial charge in [-0.15, -0.1) is 0 Å². The number of carbonyl (C=O) groups is 1. The molecule has 0 spiro atoms. The Balaban J connectivity index is 1.59. The van der Waals surface area contributed by atoms with Crippen LogP contribution in [0, 0.1) is 5.92 Å². The van der Waals surface area contributed by atoms with E-state index in [2.05, 4.69) is 20.5 Å². The van der Waals surface area contributed by atoms with Crippen LogP contribution in [0.5, 0.6) is 0 Å². The standard InChI is InChI=1S/C13H12Cl2N4O/c14-8-1-7(2-9(15)3-8)10-4-11(10)13(20)16-5-12-17-6-18-19-12/h1-3,6,10-11H,4-5H2,(H,16,20)(H,17,18,19)/t10-,11+/m1/s1. The maximum Gasteiger partial charge on any atom is 0.224 e. The number of hydrogen-bond donors (Lipinski definition) is 2. The van der Waals surface area contributed by atoms with Crippen molar-refractivity contribution in [2.45, 2.75) is 18.9 Å². The Morgan fingerprint density at radius 1 is 1.35 bits per heavy atom. The maximum atomic E-state index is 12.0. The number of amides is 1. The van der Waals surface area contributed by atoms with Crippen LogP contribution in [-0.4, -0.2) is 21.1 Å². The average molecular weight is 311 g/mol. The Hall–Kier alpha value is -1.59. The highest BCUT2D eigenvalue weighted by molar-refractivity contribution is 6.34. The van der Waals surface area contributed by atoms with Gasteiger partial charge in [-0.25, -0.2) is 4.98 Å². The minimum absolute atomic E-state index is 0.0162. The summed E-state index contributed by atoms with van der Waals surface area (Å²) in [4.78, 5) is 16.0. The Bertz CT molecular complexity index is 609. The van der Waals surface area contributed by atoms with Gasteiger partial charge in [-0.1, -0.05) is 23.2 Å². The molecule has 0 unspecified atom stereocenters. The van der Waals surface area contributed by atoms with Gasteiger partial charge in [0.1, 0.15) is 12.2 Å². The van der Waals surface area contributed by atoms with Crippen molar-refractivity contribution in [1.29, 1.82) is 0 Å². The first-order valence-electron chi connectivity index (χ1n) is 6.21. The van der Waals surface area contributed by atoms with Gasteiger partial charge in [0, 0.05) is 16.0 Å². The van der Waals surface area contributed by atoms with Crippen LogP contribution in [0.15, 0.2) is 24.5 Å². The first-order valence-corrected chi connectivity index (χ1v) is 6.97. The predicted molar refractivity (Wildman–Crippen MR) is 75.5 cm³/mol. The fraction of sp³-hybridized carbons (Fsp3) is 0.308. The van der Waals surface area contributed by atoms with E-state index < -0.39 is 0 Å². The van der Waals surface area contributed by atoms with Gasteiger partial charge < -0.3 is 5.32 Å². The zero-order valence-corrected chi connectivity index (χ0v) is 11.9. The third-order valence-electron chi connectivity index (χ3n) is 3.34. The fourth-order valence-electron chi connectivity index (χ4n) is 2.26. The number of benzene rings is 1. The molecule has 1 aromatic heterocycles. The maximum absolute atomic E-state index is 12.0. The number of rotatable bonds is 4. The lowest BCUT2D eigenvalue weighted by Crippen LogP contribution is -2.25. The molecule has 1 fully saturated rings. The molecule has 3 rings (SSSR count). The van der Waals surface area contributed by atoms with Crippen molar-refractivity contribution in [3.63, 3.8) is 0 Å². The van der Waals surface area contributed by atoms with Gasteiger partial charge in [-0.05, 0) is 36.1 Å². The van der Waals surface area contributed by atoms with Gasteiger partial charge in [0.25, 0.3) is 0 Å². The third-order valence-corrected chi connectivity index (χ3v) is 3.77. The molecule has 0 aliphatic heterocycles. The van der Waals surface area contributed by atoms with Crippen LogP contribution in [-0.2, 0) is 11.3 Å². The van der Waals surface area contributed by atoms with Crippen molar-refractivity contribution in [3.05, 3.63) is 46.0 Å². The summed E-state index contributed by atoms with van der Waals surface area (Å²) in [6, 6.07) is 5.41. The third kappa shape index (κ3) is 2.94. The van der Waals surface area contributed by atoms with E-state index in [1.54, 1.807) is 6.07 Å². The summed E-state index contributed by atoms with van der Waals surface area (Å²) >= 11 is 11.9. The predicted octanol–water partition coefficient (Wildman–Crippen LogP) is 2.53. The zero-order chi connectivity index (χ0) is 14.1. The van der Waals surface area contributed by atoms with Gasteiger partial charge in [0.05, 0.1) is 6.54 Å². The molecular formula is C13H12Cl2N4O. The van der Waals surface area contributed by atoms with E-state index in [1.807, 2.05) is 12.1 Å². The van der Waals surface area contributed by atoms with E-state index in [0.29, 0.717) is 22.4 Å². The molecule has 1 heterocycles. The molecule has 104 valence electrons. The van der Waals surface area contributed by atoms with Crippen LogP contribution in [0.1, 0.15) is 23.7 Å². The van der Waals surface area contributed by atoms with Gasteiger partial charge in [-0.3, -0.25) is 9.89 Å². The van der Waals surface area contributed by atoms with Crippen molar-refractivity contribution in [2.24, 2.45) is 5.92 Å². The lowest BCUT2D eigenvalue weighted by Gasteiger charge is -2.04. The molecule has 0 radical (unpaired) electrons. The number of aromatic amines is 1. The van der Waals surface area contributed by atoms with Crippen LogP contribution in [0.4, 0.5) is 0 Å². The molecule has 7 heteroatoms. The highest BCUT2D eigenvalue weighted by Crippen LogP contribution is 2.48. The fourth-order valence-corrected chi connectivity index (χ4v) is 2.80. The van der Waals surface area contributed by atoms with Crippen LogP contribution in [0.2, 0.25) is 10.0 Å². The monoisotopic (exact) mass is 310 g/mol. The van der Waals surface area contributed by atoms with Crippen molar-refractivity contribution in [1.82, 2.24) is 20.5 Å². The zero-order valence-electron chi connectivity index (χ0n) is 10.4. The molecule has 1 aliphatic rings. The van der Waals surface area contributed by atoms with Crippen LogP contribution in [0.3, 0.4) is 0 Å². The molecular weight excluding hydrogens is 299 g/mol. The second kappa shape index (κ2) is 5.42. The SMILES string of the molecule is O=C(NCc1ncn[nH]1)[C@H]1C[C@@H]1c1cc(Cl)cc(Cl)c1. The summed E-state index contributed by atoms with van der Waals surface area (Å²) in [5.74, 6) is 0.831. The molecule has 1 aliphatic carbocycles. The number of nitrogens with zero attached hydrogens (tertiary/aromatic N) is 2. The summed E-state index contributed by atoms with van der Waals surface area (Å²) in [6.45, 7) is 0.359. The van der Waals surface area contributed by atoms with Crippen molar-refractivity contribution < 1.29 is 4.79 Å². The highest BCUT2D eigenvalue weighted by atomic mass is 35.5. The number of carbonyl (C=O) groups excluding carboxylic acids is 1. The van der Waals surface area contributed by atoms with E-state index in [1.165, 1.54) is 6.33 Å². The minimum Gasteiger partial charge on any atom is -0.349 e. The number of nitrogens with one attached hydrogen (secondary N) is 2. The van der Waals surface area contributed by atoms with E-state index in [0.717, 1.165) is 12.0 Å². The normalized spacial score (nSPS) is 20.7. The minimum atomic E-state index is -0.0209. The molecule has 0 saturated heterocycles. The van der Waals surface area contributed by atoms with Crippen LogP contribution < -0.4 is 5.32 Å². The Labute approximate surface area is 125 Å². The van der Waals surface area contributed by atoms with Crippen molar-refractivity contribution >= 4 is 29.1 Å². The van der Waals surface area contributed by atoms with Gasteiger partial charge in [0.2, 0.25) is 5.91 Å².